The van der Waals surface area contributed by atoms with Crippen LogP contribution in [-0.2, 0) is 9.59 Å². The first-order chi connectivity index (χ1) is 11.8. The molecule has 1 aromatic carbocycles. The van der Waals surface area contributed by atoms with E-state index in [4.69, 9.17) is 27.6 Å². The van der Waals surface area contributed by atoms with E-state index in [0.717, 1.165) is 4.90 Å². The molecule has 1 aliphatic heterocycles. The van der Waals surface area contributed by atoms with Gasteiger partial charge in [0.2, 0.25) is 0 Å². The van der Waals surface area contributed by atoms with Crippen LogP contribution in [0.15, 0.2) is 38.7 Å². The number of hydrogen-bond acceptors (Lipinski definition) is 4. The van der Waals surface area contributed by atoms with Gasteiger partial charge in [-0.1, -0.05) is 29.3 Å². The molecular formula is C15H6BrCl2IN2O4. The van der Waals surface area contributed by atoms with Gasteiger partial charge in [0.15, 0.2) is 3.77 Å². The van der Waals surface area contributed by atoms with Gasteiger partial charge in [-0.2, -0.15) is 0 Å². The Kier molecular flexibility index (Phi) is 5.24. The fourth-order valence-corrected chi connectivity index (χ4v) is 3.21. The molecule has 25 heavy (non-hydrogen) atoms. The molecule has 128 valence electrons. The summed E-state index contributed by atoms with van der Waals surface area (Å²) >= 11 is 17.3. The molecule has 0 atom stereocenters. The number of nitrogens with one attached hydrogen (secondary N) is 1. The molecule has 1 aromatic heterocycles. The van der Waals surface area contributed by atoms with Crippen molar-refractivity contribution in [2.24, 2.45) is 0 Å². The van der Waals surface area contributed by atoms with Crippen LogP contribution >= 0.6 is 61.7 Å². The molecule has 6 nitrogen and oxygen atoms in total. The summed E-state index contributed by atoms with van der Waals surface area (Å²) in [5.41, 5.74) is -0.196. The van der Waals surface area contributed by atoms with Crippen molar-refractivity contribution < 1.29 is 18.8 Å². The number of barbiturate groups is 1. The molecule has 4 amide bonds. The summed E-state index contributed by atoms with van der Waals surface area (Å²) in [7, 11) is 0. The van der Waals surface area contributed by atoms with E-state index in [-0.39, 0.29) is 27.1 Å². The van der Waals surface area contributed by atoms with Gasteiger partial charge in [-0.05, 0) is 40.2 Å². The lowest BCUT2D eigenvalue weighted by molar-refractivity contribution is -0.122. The van der Waals surface area contributed by atoms with E-state index in [1.54, 1.807) is 6.07 Å². The standard InChI is InChI=1S/C15H6BrCl2IN2O4/c16-8-5-6(25-12(8)19)4-7-13(22)20-15(24)21(14(7)23)10-3-1-2-9(17)11(10)18/h1-5H,(H,20,22,24)/b7-4+. The second-order valence-electron chi connectivity index (χ2n) is 4.80. The van der Waals surface area contributed by atoms with Gasteiger partial charge in [0.05, 0.1) is 20.2 Å². The van der Waals surface area contributed by atoms with E-state index in [1.807, 2.05) is 22.6 Å². The number of imide groups is 2. The zero-order chi connectivity index (χ0) is 18.3. The van der Waals surface area contributed by atoms with Gasteiger partial charge >= 0.3 is 6.03 Å². The van der Waals surface area contributed by atoms with E-state index >= 15 is 0 Å². The molecule has 1 N–H and O–H groups in total. The van der Waals surface area contributed by atoms with Crippen LogP contribution in [0.1, 0.15) is 5.76 Å². The first-order valence-electron chi connectivity index (χ1n) is 6.60. The maximum atomic E-state index is 12.7. The summed E-state index contributed by atoms with van der Waals surface area (Å²) in [6, 6.07) is 5.19. The van der Waals surface area contributed by atoms with Gasteiger partial charge in [0, 0.05) is 22.6 Å². The van der Waals surface area contributed by atoms with E-state index in [1.165, 1.54) is 24.3 Å². The zero-order valence-corrected chi connectivity index (χ0v) is 17.2. The van der Waals surface area contributed by atoms with Gasteiger partial charge in [0.1, 0.15) is 11.3 Å². The quantitative estimate of drug-likeness (QED) is 0.333. The Morgan fingerprint density at radius 2 is 1.96 bits per heavy atom. The summed E-state index contributed by atoms with van der Waals surface area (Å²) in [6.07, 6.45) is 1.25. The first kappa shape index (κ1) is 18.4. The lowest BCUT2D eigenvalue weighted by atomic mass is 10.1. The molecule has 0 radical (unpaired) electrons. The summed E-state index contributed by atoms with van der Waals surface area (Å²) < 4.78 is 6.63. The number of carbonyl (C=O) groups is 3. The molecule has 0 bridgehead atoms. The van der Waals surface area contributed by atoms with Gasteiger partial charge in [0.25, 0.3) is 11.8 Å². The predicted octanol–water partition coefficient (Wildman–Crippen LogP) is 4.62. The number of benzene rings is 1. The van der Waals surface area contributed by atoms with Crippen molar-refractivity contribution in [1.29, 1.82) is 0 Å². The van der Waals surface area contributed by atoms with Crippen LogP contribution in [0.5, 0.6) is 0 Å². The van der Waals surface area contributed by atoms with Crippen molar-refractivity contribution in [1.82, 2.24) is 5.32 Å². The number of urea groups is 1. The maximum Gasteiger partial charge on any atom is 0.336 e. The van der Waals surface area contributed by atoms with Crippen LogP contribution in [0.25, 0.3) is 6.08 Å². The van der Waals surface area contributed by atoms with Crippen LogP contribution in [0, 0.1) is 3.77 Å². The number of furan rings is 1. The van der Waals surface area contributed by atoms with Crippen LogP contribution in [0.2, 0.25) is 10.0 Å². The lowest BCUT2D eigenvalue weighted by Crippen LogP contribution is -2.54. The molecule has 2 aromatic rings. The first-order valence-corrected chi connectivity index (χ1v) is 9.22. The predicted molar refractivity (Wildman–Crippen MR) is 105 cm³/mol. The molecule has 2 heterocycles. The topological polar surface area (TPSA) is 79.6 Å². The number of nitrogens with zero attached hydrogens (tertiary/aromatic N) is 1. The minimum absolute atomic E-state index is 0.0247. The fraction of sp³-hybridized carbons (Fsp3) is 0. The van der Waals surface area contributed by atoms with Crippen molar-refractivity contribution in [3.8, 4) is 0 Å². The summed E-state index contributed by atoms with van der Waals surface area (Å²) in [6.45, 7) is 0. The van der Waals surface area contributed by atoms with Crippen molar-refractivity contribution in [3.05, 3.63) is 53.9 Å². The van der Waals surface area contributed by atoms with Crippen LogP contribution < -0.4 is 10.2 Å². The van der Waals surface area contributed by atoms with Crippen LogP contribution in [0.3, 0.4) is 0 Å². The number of amides is 4. The van der Waals surface area contributed by atoms with Crippen molar-refractivity contribution >= 4 is 91.3 Å². The van der Waals surface area contributed by atoms with Gasteiger partial charge < -0.3 is 4.42 Å². The smallest absolute Gasteiger partial charge is 0.336 e. The van der Waals surface area contributed by atoms with Crippen molar-refractivity contribution in [2.45, 2.75) is 0 Å². The Morgan fingerprint density at radius 3 is 2.60 bits per heavy atom. The van der Waals surface area contributed by atoms with E-state index in [0.29, 0.717) is 8.24 Å². The van der Waals surface area contributed by atoms with Gasteiger partial charge in [-0.3, -0.25) is 14.9 Å². The summed E-state index contributed by atoms with van der Waals surface area (Å²) in [4.78, 5) is 37.7. The number of halogens is 4. The number of carbonyl (C=O) groups excluding carboxylic acids is 3. The SMILES string of the molecule is O=C1NC(=O)N(c2cccc(Cl)c2Cl)C(=O)/C1=C/c1cc(Br)c(I)o1. The summed E-state index contributed by atoms with van der Waals surface area (Å²) in [5, 5.41) is 2.30. The third kappa shape index (κ3) is 3.48. The molecule has 1 aliphatic rings. The van der Waals surface area contributed by atoms with Gasteiger partial charge in [-0.25, -0.2) is 9.69 Å². The van der Waals surface area contributed by atoms with E-state index in [2.05, 4.69) is 21.2 Å². The van der Waals surface area contributed by atoms with E-state index in [9.17, 15) is 14.4 Å². The highest BCUT2D eigenvalue weighted by atomic mass is 127. The second kappa shape index (κ2) is 7.10. The third-order valence-corrected chi connectivity index (χ3v) is 6.17. The molecule has 0 unspecified atom stereocenters. The van der Waals surface area contributed by atoms with Crippen molar-refractivity contribution in [3.63, 3.8) is 0 Å². The molecule has 0 spiro atoms. The fourth-order valence-electron chi connectivity index (χ4n) is 2.12. The number of anilines is 1. The molecular weight excluding hydrogens is 550 g/mol. The summed E-state index contributed by atoms with van der Waals surface area (Å²) in [5.74, 6) is -1.38. The average molecular weight is 556 g/mol. The average Bonchev–Trinajstić information content (AvgIpc) is 2.86. The number of rotatable bonds is 2. The van der Waals surface area contributed by atoms with E-state index < -0.39 is 17.8 Å². The van der Waals surface area contributed by atoms with Crippen LogP contribution in [-0.4, -0.2) is 17.8 Å². The lowest BCUT2D eigenvalue weighted by Gasteiger charge is -2.27. The normalized spacial score (nSPS) is 16.6. The van der Waals surface area contributed by atoms with Gasteiger partial charge in [-0.15, -0.1) is 0 Å². The third-order valence-electron chi connectivity index (χ3n) is 3.22. The minimum Gasteiger partial charge on any atom is -0.450 e. The Morgan fingerprint density at radius 1 is 1.24 bits per heavy atom. The Balaban J connectivity index is 2.07. The highest BCUT2D eigenvalue weighted by Crippen LogP contribution is 2.34. The molecule has 0 saturated carbocycles. The van der Waals surface area contributed by atoms with Crippen molar-refractivity contribution in [2.75, 3.05) is 4.90 Å². The minimum atomic E-state index is -0.911. The molecule has 1 fully saturated rings. The molecule has 3 rings (SSSR count). The molecule has 0 aliphatic carbocycles. The highest BCUT2D eigenvalue weighted by Gasteiger charge is 2.38. The monoisotopic (exact) mass is 554 g/mol. The maximum absolute atomic E-state index is 12.7. The number of hydrogen-bond donors (Lipinski definition) is 1. The zero-order valence-electron chi connectivity index (χ0n) is 12.0. The largest absolute Gasteiger partial charge is 0.450 e. The molecule has 1 saturated heterocycles. The molecule has 10 heteroatoms. The highest BCUT2D eigenvalue weighted by molar-refractivity contribution is 14.1. The Hall–Kier alpha value is -1.36. The Bertz CT molecular complexity index is 938. The Labute approximate surface area is 173 Å². The second-order valence-corrected chi connectivity index (χ2v) is 7.42. The van der Waals surface area contributed by atoms with Crippen LogP contribution in [0.4, 0.5) is 10.5 Å².